The number of amidine groups is 4. The van der Waals surface area contributed by atoms with Crippen molar-refractivity contribution in [2.45, 2.75) is 153 Å². The molecular formula is C67H84F4N12O14S4. The van der Waals surface area contributed by atoms with Crippen LogP contribution in [0.5, 0.6) is 0 Å². The second kappa shape index (κ2) is 30.5. The Morgan fingerprint density at radius 3 is 0.990 bits per heavy atom. The van der Waals surface area contributed by atoms with Gasteiger partial charge >= 0.3 is 18.3 Å². The van der Waals surface area contributed by atoms with Crippen LogP contribution in [0.15, 0.2) is 92.8 Å². The van der Waals surface area contributed by atoms with E-state index in [1.54, 1.807) is 74.4 Å². The van der Waals surface area contributed by atoms with E-state index < -0.39 is 78.7 Å². The first-order valence-electron chi connectivity index (χ1n) is 32.3. The number of nitro benzene ring substituents is 2. The predicted molar refractivity (Wildman–Crippen MR) is 382 cm³/mol. The molecule has 0 aromatic heterocycles. The number of non-ortho nitro benzene ring substituents is 2. The molecule has 8 heterocycles. The number of nitrogens with two attached hydrogens (primary N) is 3. The number of benzene rings is 4. The summed E-state index contributed by atoms with van der Waals surface area (Å²) in [5.41, 5.74) is 13.4. The quantitative estimate of drug-likeness (QED) is 0.0343. The summed E-state index contributed by atoms with van der Waals surface area (Å²) in [6, 6.07) is 15.8. The van der Waals surface area contributed by atoms with E-state index in [2.05, 4.69) is 25.9 Å². The number of carbonyl (C=O) groups excluding carboxylic acids is 3. The van der Waals surface area contributed by atoms with Gasteiger partial charge in [0.15, 0.2) is 20.7 Å². The Morgan fingerprint density at radius 1 is 0.455 bits per heavy atom. The molecule has 8 aliphatic rings. The van der Waals surface area contributed by atoms with Gasteiger partial charge < -0.3 is 50.4 Å². The maximum Gasteiger partial charge on any atom is 0.413 e. The normalized spacial score (nSPS) is 28.6. The summed E-state index contributed by atoms with van der Waals surface area (Å²) in [4.78, 5) is 75.8. The smallest absolute Gasteiger partial charge is 0.413 e. The molecule has 9 N–H and O–H groups in total. The predicted octanol–water partition coefficient (Wildman–Crippen LogP) is 12.1. The molecule has 0 spiro atoms. The number of alkyl carbamates (subject to hydrolysis) is 3. The Hall–Kier alpha value is -7.47. The van der Waals surface area contributed by atoms with E-state index in [9.17, 15) is 52.2 Å². The number of amides is 3. The highest BCUT2D eigenvalue weighted by Crippen LogP contribution is 2.53. The maximum atomic E-state index is 14.7. The first-order chi connectivity index (χ1) is 47.2. The molecule has 4 fully saturated rings. The van der Waals surface area contributed by atoms with Gasteiger partial charge in [-0.15, -0.1) is 0 Å². The average molecular weight is 1490 g/mol. The molecule has 3 amide bonds. The van der Waals surface area contributed by atoms with E-state index in [-0.39, 0.29) is 114 Å². The fraction of sp³-hybridized carbons (Fsp3) is 0.537. The van der Waals surface area contributed by atoms with Crippen molar-refractivity contribution in [2.75, 3.05) is 60.9 Å². The van der Waals surface area contributed by atoms with Gasteiger partial charge in [-0.25, -0.2) is 51.9 Å². The van der Waals surface area contributed by atoms with Gasteiger partial charge in [-0.3, -0.25) is 36.2 Å². The fourth-order valence-electron chi connectivity index (χ4n) is 13.0. The van der Waals surface area contributed by atoms with Crippen LogP contribution < -0.4 is 33.2 Å². The van der Waals surface area contributed by atoms with E-state index in [4.69, 9.17) is 60.3 Å². The van der Waals surface area contributed by atoms with Crippen LogP contribution in [0.3, 0.4) is 0 Å². The molecule has 0 unspecified atom stereocenters. The molecule has 0 aliphatic carbocycles. The van der Waals surface area contributed by atoms with E-state index in [0.717, 1.165) is 24.3 Å². The second-order valence-electron chi connectivity index (χ2n) is 28.3. The number of aliphatic imine (C=N–C) groups is 4. The summed E-state index contributed by atoms with van der Waals surface area (Å²) in [6.07, 6.45) is -2.30. The second-order valence-corrected chi connectivity index (χ2v) is 32.4. The highest BCUT2D eigenvalue weighted by Gasteiger charge is 2.57. The largest absolute Gasteiger partial charge is 0.444 e. The van der Waals surface area contributed by atoms with Crippen molar-refractivity contribution in [3.8, 4) is 0 Å². The monoisotopic (exact) mass is 1480 g/mol. The van der Waals surface area contributed by atoms with Crippen molar-refractivity contribution >= 4 is 109 Å². The van der Waals surface area contributed by atoms with Gasteiger partial charge in [0, 0.05) is 105 Å². The Bertz CT molecular complexity index is 3850. The highest BCUT2D eigenvalue weighted by atomic mass is 32.2. The fourth-order valence-corrected chi connectivity index (χ4v) is 17.9. The molecule has 101 heavy (non-hydrogen) atoms. The van der Waals surface area contributed by atoms with Crippen LogP contribution in [0.25, 0.3) is 0 Å². The minimum atomic E-state index is -1.15. The molecule has 4 aromatic carbocycles. The minimum absolute atomic E-state index is 0.0204. The number of anilines is 2. The molecule has 0 bridgehead atoms. The van der Waals surface area contributed by atoms with Gasteiger partial charge in [0.2, 0.25) is 0 Å². The molecule has 26 nitrogen and oxygen atoms in total. The lowest BCUT2D eigenvalue weighted by molar-refractivity contribution is -0.385. The molecule has 12 rings (SSSR count). The van der Waals surface area contributed by atoms with E-state index in [1.165, 1.54) is 83.4 Å². The van der Waals surface area contributed by atoms with Crippen LogP contribution in [0, 0.1) is 67.2 Å². The molecule has 34 heteroatoms. The number of nitrogen functional groups attached to an aromatic ring is 2. The highest BCUT2D eigenvalue weighted by molar-refractivity contribution is 8.14. The van der Waals surface area contributed by atoms with Crippen LogP contribution in [-0.4, -0.2) is 139 Å². The summed E-state index contributed by atoms with van der Waals surface area (Å²) >= 11 is 5.52. The summed E-state index contributed by atoms with van der Waals surface area (Å²) < 4.78 is 97.1. The lowest BCUT2D eigenvalue weighted by Crippen LogP contribution is -2.44. The Balaban J connectivity index is 0.000000158. The number of halogens is 4. The molecule has 0 saturated carbocycles. The SMILES string of the molecule is C[C@H]1OC[C@]2(c3cc(N)ccc3F)N=C(NC(=O)OC(C)(C)C)SC[C@H]12.C[C@H]1OC[C@]2(c3cc(N)ccc3F)N=C(NC(=O)OC(C)(C)C)SC[C@H]12.C[C@H]1OC[C@]2(c3cc([N+](=O)[O-])ccc3F)N=C(N)SC[C@H]12.C[C@H]1OC[C@]2(c3cc([N+](=O)[O-])ccc3F)N=C(NC(=O)OC(C)(C)C)SC[C@H]12. The van der Waals surface area contributed by atoms with Crippen LogP contribution in [0.4, 0.5) is 54.7 Å². The molecule has 0 radical (unpaired) electrons. The van der Waals surface area contributed by atoms with Crippen molar-refractivity contribution < 1.29 is 74.9 Å². The number of nitrogens with zero attached hydrogens (tertiary/aromatic N) is 6. The van der Waals surface area contributed by atoms with Gasteiger partial charge in [-0.2, -0.15) is 0 Å². The van der Waals surface area contributed by atoms with E-state index >= 15 is 0 Å². The van der Waals surface area contributed by atoms with Gasteiger partial charge in [-0.05, 0) is 139 Å². The number of nitrogens with one attached hydrogen (secondary N) is 3. The standard InChI is InChI=1S/C18H22FN3O5S.2C18H24FN3O3S.C13H14FN3O3S/c1-10-13-8-28-15(20-16(23)27-17(2,3)4)21-18(13,9-26-10)12-7-11(22(24)25)5-6-14(12)19;2*1-10-13-8-26-15(21-16(23)25-17(2,3)4)22-18(13,9-24-10)12-7-11(20)5-6-14(12)19;1-7-10-5-21-12(15)16-13(10,6-20-7)9-4-8(17(18)19)2-3-11(9)14/h5-7,10,13H,8-9H2,1-4H3,(H,20,21,23);2*5-7,10,13H,8-9,20H2,1-4H3,(H,21,22,23);2-4,7,10H,5-6H2,1H3,(H2,15,16)/t3*10-,13-,18-;7-,10-,13-/m1111/s1. The number of thioether (sulfide) groups is 4. The van der Waals surface area contributed by atoms with E-state index in [0.29, 0.717) is 61.0 Å². The zero-order valence-electron chi connectivity index (χ0n) is 58.0. The zero-order chi connectivity index (χ0) is 74.1. The van der Waals surface area contributed by atoms with Gasteiger partial charge in [0.25, 0.3) is 11.4 Å². The summed E-state index contributed by atoms with van der Waals surface area (Å²) in [6.45, 7) is 24.3. The van der Waals surface area contributed by atoms with Crippen LogP contribution in [-0.2, 0) is 55.3 Å². The number of nitro groups is 2. The van der Waals surface area contributed by atoms with Gasteiger partial charge in [0.05, 0.1) is 60.7 Å². The number of hydrogen-bond acceptors (Lipinski definition) is 25. The molecule has 548 valence electrons. The number of hydrogen-bond donors (Lipinski definition) is 6. The molecule has 8 aliphatic heterocycles. The minimum Gasteiger partial charge on any atom is -0.444 e. The molecular weight excluding hydrogens is 1400 g/mol. The number of rotatable bonds is 6. The van der Waals surface area contributed by atoms with Crippen molar-refractivity contribution in [1.82, 2.24) is 16.0 Å². The van der Waals surface area contributed by atoms with Gasteiger partial charge in [0.1, 0.15) is 62.2 Å². The van der Waals surface area contributed by atoms with Crippen LogP contribution >= 0.6 is 47.0 Å². The first-order valence-corrected chi connectivity index (χ1v) is 36.2. The summed E-state index contributed by atoms with van der Waals surface area (Å²) in [5.74, 6) is 0.270. The number of fused-ring (bicyclic) bond motifs is 4. The van der Waals surface area contributed by atoms with Crippen molar-refractivity contribution in [3.05, 3.63) is 139 Å². The van der Waals surface area contributed by atoms with Gasteiger partial charge in [-0.1, -0.05) is 47.0 Å². The first kappa shape index (κ1) is 77.7. The molecule has 4 aromatic rings. The Kier molecular flexibility index (Phi) is 23.4. The van der Waals surface area contributed by atoms with Crippen molar-refractivity contribution in [3.63, 3.8) is 0 Å². The lowest BCUT2D eigenvalue weighted by Gasteiger charge is -2.36. The van der Waals surface area contributed by atoms with Crippen LogP contribution in [0.1, 0.15) is 112 Å². The Labute approximate surface area is 598 Å². The topological polar surface area (TPSA) is 366 Å². The third kappa shape index (κ3) is 17.6. The maximum absolute atomic E-state index is 14.7. The van der Waals surface area contributed by atoms with Crippen molar-refractivity contribution in [1.29, 1.82) is 0 Å². The summed E-state index contributed by atoms with van der Waals surface area (Å²) in [7, 11) is 0. The number of ether oxygens (including phenoxy) is 7. The van der Waals surface area contributed by atoms with Crippen molar-refractivity contribution in [2.24, 2.45) is 49.4 Å². The number of carbonyl (C=O) groups is 3. The van der Waals surface area contributed by atoms with E-state index in [1.807, 2.05) is 27.7 Å². The average Bonchev–Trinajstić information content (AvgIpc) is 1.68. The molecule has 12 atom stereocenters. The summed E-state index contributed by atoms with van der Waals surface area (Å²) in [5, 5.41) is 31.5. The lowest BCUT2D eigenvalue weighted by atomic mass is 9.79. The Morgan fingerprint density at radius 2 is 0.713 bits per heavy atom. The third-order valence-electron chi connectivity index (χ3n) is 17.8. The zero-order valence-corrected chi connectivity index (χ0v) is 61.2. The third-order valence-corrected chi connectivity index (χ3v) is 21.7. The molecule has 4 saturated heterocycles. The van der Waals surface area contributed by atoms with Crippen LogP contribution in [0.2, 0.25) is 0 Å².